The molecule has 1 saturated carbocycles. The second kappa shape index (κ2) is 9.75. The molecule has 3 aromatic rings. The molecule has 1 unspecified atom stereocenters. The fourth-order valence-corrected chi connectivity index (χ4v) is 4.29. The molecule has 2 aromatic carbocycles. The number of Topliss-reactive ketones (excluding diaryl/α,β-unsaturated/α-hetero) is 1. The highest BCUT2D eigenvalue weighted by Gasteiger charge is 2.31. The Balaban J connectivity index is 1.43. The number of nitrogens with zero attached hydrogens (tertiary/aromatic N) is 3. The number of ketones is 1. The van der Waals surface area contributed by atoms with Crippen molar-refractivity contribution in [3.63, 3.8) is 0 Å². The zero-order valence-corrected chi connectivity index (χ0v) is 19.3. The van der Waals surface area contributed by atoms with Crippen LogP contribution in [0.1, 0.15) is 48.9 Å². The van der Waals surface area contributed by atoms with Crippen LogP contribution in [0.3, 0.4) is 0 Å². The van der Waals surface area contributed by atoms with Gasteiger partial charge >= 0.3 is 0 Å². The fourth-order valence-electron chi connectivity index (χ4n) is 3.16. The van der Waals surface area contributed by atoms with Crippen molar-refractivity contribution in [1.82, 2.24) is 14.8 Å². The molecule has 1 fully saturated rings. The number of amides is 1. The average molecular weight is 471 g/mol. The molecule has 1 atom stereocenters. The first kappa shape index (κ1) is 22.4. The number of carbonyl (C=O) groups excluding carboxylic acids is 2. The molecular weight excluding hydrogens is 448 g/mol. The summed E-state index contributed by atoms with van der Waals surface area (Å²) in [5.74, 6) is 1.08. The maximum Gasteiger partial charge on any atom is 0.237 e. The van der Waals surface area contributed by atoms with Crippen LogP contribution in [0, 0.1) is 0 Å². The minimum Gasteiger partial charge on any atom is -0.484 e. The number of rotatable bonds is 9. The van der Waals surface area contributed by atoms with Gasteiger partial charge in [0.2, 0.25) is 5.91 Å². The van der Waals surface area contributed by atoms with Crippen LogP contribution < -0.4 is 10.1 Å². The molecule has 1 aliphatic carbocycles. The summed E-state index contributed by atoms with van der Waals surface area (Å²) >= 11 is 7.52. The number of aromatic nitrogens is 3. The summed E-state index contributed by atoms with van der Waals surface area (Å²) in [4.78, 5) is 24.3. The second-order valence-corrected chi connectivity index (χ2v) is 9.32. The Labute approximate surface area is 195 Å². The van der Waals surface area contributed by atoms with Gasteiger partial charge < -0.3 is 10.1 Å². The van der Waals surface area contributed by atoms with E-state index in [4.69, 9.17) is 16.3 Å². The normalized spacial score (nSPS) is 14.1. The van der Waals surface area contributed by atoms with Crippen LogP contribution in [0.25, 0.3) is 0 Å². The van der Waals surface area contributed by atoms with Crippen LogP contribution in [0.4, 0.5) is 5.69 Å². The molecule has 1 heterocycles. The maximum absolute atomic E-state index is 12.7. The van der Waals surface area contributed by atoms with Gasteiger partial charge in [0, 0.05) is 17.3 Å². The maximum atomic E-state index is 12.7. The molecule has 4 rings (SSSR count). The van der Waals surface area contributed by atoms with E-state index in [1.807, 2.05) is 25.1 Å². The Bertz CT molecular complexity index is 1150. The van der Waals surface area contributed by atoms with E-state index in [1.165, 1.54) is 18.7 Å². The van der Waals surface area contributed by atoms with Gasteiger partial charge in [-0.2, -0.15) is 0 Å². The number of ether oxygens (including phenoxy) is 1. The Morgan fingerprint density at radius 1 is 1.22 bits per heavy atom. The summed E-state index contributed by atoms with van der Waals surface area (Å²) in [5.41, 5.74) is 1.15. The number of halogens is 1. The van der Waals surface area contributed by atoms with Gasteiger partial charge in [-0.25, -0.2) is 0 Å². The first-order valence-corrected chi connectivity index (χ1v) is 11.6. The molecule has 0 radical (unpaired) electrons. The molecule has 7 nitrogen and oxygen atoms in total. The minimum atomic E-state index is -0.407. The topological polar surface area (TPSA) is 86.1 Å². The van der Waals surface area contributed by atoms with E-state index in [-0.39, 0.29) is 18.3 Å². The van der Waals surface area contributed by atoms with Crippen molar-refractivity contribution >= 4 is 40.7 Å². The summed E-state index contributed by atoms with van der Waals surface area (Å²) in [6, 6.07) is 14.5. The van der Waals surface area contributed by atoms with E-state index in [9.17, 15) is 9.59 Å². The summed E-state index contributed by atoms with van der Waals surface area (Å²) in [6.07, 6.45) is 2.09. The molecule has 0 spiro atoms. The lowest BCUT2D eigenvalue weighted by atomic mass is 10.1. The number of thioether (sulfide) groups is 1. The molecule has 1 aliphatic rings. The van der Waals surface area contributed by atoms with E-state index in [1.54, 1.807) is 30.3 Å². The number of para-hydroxylation sites is 1. The van der Waals surface area contributed by atoms with Gasteiger partial charge in [0.25, 0.3) is 0 Å². The third-order valence-corrected chi connectivity index (χ3v) is 6.40. The molecule has 166 valence electrons. The Morgan fingerprint density at radius 3 is 2.72 bits per heavy atom. The third kappa shape index (κ3) is 5.31. The van der Waals surface area contributed by atoms with Gasteiger partial charge in [0.1, 0.15) is 12.4 Å². The van der Waals surface area contributed by atoms with Crippen molar-refractivity contribution in [3.8, 4) is 5.75 Å². The number of hydrogen-bond donors (Lipinski definition) is 1. The number of nitrogens with one attached hydrogen (secondary N) is 1. The third-order valence-electron chi connectivity index (χ3n) is 5.03. The number of carbonyl (C=O) groups is 2. The number of hydrogen-bond acceptors (Lipinski definition) is 6. The van der Waals surface area contributed by atoms with Crippen molar-refractivity contribution in [3.05, 3.63) is 64.9 Å². The van der Waals surface area contributed by atoms with E-state index < -0.39 is 5.25 Å². The van der Waals surface area contributed by atoms with E-state index >= 15 is 0 Å². The molecule has 1 amide bonds. The first-order chi connectivity index (χ1) is 15.4. The zero-order chi connectivity index (χ0) is 22.7. The SMILES string of the molecule is CC(=O)c1cccc(NC(=O)C(C)Sc2nnc(COc3ccccc3Cl)n2C2CC2)c1. The van der Waals surface area contributed by atoms with Crippen molar-refractivity contribution in [1.29, 1.82) is 0 Å². The average Bonchev–Trinajstić information content (AvgIpc) is 3.54. The van der Waals surface area contributed by atoms with Crippen LogP contribution in [0.2, 0.25) is 5.02 Å². The van der Waals surface area contributed by atoms with Crippen LogP contribution in [0.15, 0.2) is 53.7 Å². The lowest BCUT2D eigenvalue weighted by Crippen LogP contribution is -2.23. The van der Waals surface area contributed by atoms with Gasteiger partial charge in [-0.3, -0.25) is 14.2 Å². The molecule has 0 saturated heterocycles. The highest BCUT2D eigenvalue weighted by Crippen LogP contribution is 2.40. The lowest BCUT2D eigenvalue weighted by Gasteiger charge is -2.14. The largest absolute Gasteiger partial charge is 0.484 e. The molecule has 0 aliphatic heterocycles. The van der Waals surface area contributed by atoms with Gasteiger partial charge in [-0.15, -0.1) is 10.2 Å². The molecule has 1 N–H and O–H groups in total. The van der Waals surface area contributed by atoms with Crippen LogP contribution in [0.5, 0.6) is 5.75 Å². The van der Waals surface area contributed by atoms with Gasteiger partial charge in [0.15, 0.2) is 16.8 Å². The van der Waals surface area contributed by atoms with Crippen molar-refractivity contribution < 1.29 is 14.3 Å². The Hall–Kier alpha value is -2.84. The van der Waals surface area contributed by atoms with Crippen LogP contribution in [-0.4, -0.2) is 31.7 Å². The quantitative estimate of drug-likeness (QED) is 0.343. The van der Waals surface area contributed by atoms with Crippen molar-refractivity contribution in [2.75, 3.05) is 5.32 Å². The second-order valence-electron chi connectivity index (χ2n) is 7.61. The summed E-state index contributed by atoms with van der Waals surface area (Å²) in [6.45, 7) is 3.56. The van der Waals surface area contributed by atoms with Crippen molar-refractivity contribution in [2.24, 2.45) is 0 Å². The fraction of sp³-hybridized carbons (Fsp3) is 0.304. The van der Waals surface area contributed by atoms with Gasteiger partial charge in [-0.05, 0) is 51.0 Å². The summed E-state index contributed by atoms with van der Waals surface area (Å²) in [7, 11) is 0. The standard InChI is InChI=1S/C23H23ClN4O3S/c1-14(29)16-6-5-7-17(12-16)25-22(30)15(2)32-23-27-26-21(28(23)18-10-11-18)13-31-20-9-4-3-8-19(20)24/h3-9,12,15,18H,10-11,13H2,1-2H3,(H,25,30). The number of benzene rings is 2. The van der Waals surface area contributed by atoms with Crippen LogP contribution >= 0.6 is 23.4 Å². The van der Waals surface area contributed by atoms with Crippen molar-refractivity contribution in [2.45, 2.75) is 49.7 Å². The zero-order valence-electron chi connectivity index (χ0n) is 17.7. The summed E-state index contributed by atoms with van der Waals surface area (Å²) in [5, 5.41) is 12.3. The lowest BCUT2D eigenvalue weighted by molar-refractivity contribution is -0.115. The first-order valence-electron chi connectivity index (χ1n) is 10.3. The predicted molar refractivity (Wildman–Crippen MR) is 124 cm³/mol. The highest BCUT2D eigenvalue weighted by molar-refractivity contribution is 8.00. The number of anilines is 1. The Morgan fingerprint density at radius 2 is 2.00 bits per heavy atom. The molecule has 9 heteroatoms. The smallest absolute Gasteiger partial charge is 0.237 e. The molecule has 0 bridgehead atoms. The molecular formula is C23H23ClN4O3S. The molecule has 32 heavy (non-hydrogen) atoms. The minimum absolute atomic E-state index is 0.0485. The predicted octanol–water partition coefficient (Wildman–Crippen LogP) is 5.17. The summed E-state index contributed by atoms with van der Waals surface area (Å²) < 4.78 is 7.90. The Kier molecular flexibility index (Phi) is 6.81. The van der Waals surface area contributed by atoms with E-state index in [0.717, 1.165) is 12.8 Å². The van der Waals surface area contributed by atoms with E-state index in [2.05, 4.69) is 20.1 Å². The molecule has 1 aromatic heterocycles. The highest BCUT2D eigenvalue weighted by atomic mass is 35.5. The van der Waals surface area contributed by atoms with Gasteiger partial charge in [0.05, 0.1) is 10.3 Å². The van der Waals surface area contributed by atoms with E-state index in [0.29, 0.717) is 39.0 Å². The van der Waals surface area contributed by atoms with Crippen LogP contribution in [-0.2, 0) is 11.4 Å². The van der Waals surface area contributed by atoms with Gasteiger partial charge in [-0.1, -0.05) is 47.6 Å². The monoisotopic (exact) mass is 470 g/mol.